The summed E-state index contributed by atoms with van der Waals surface area (Å²) in [5.74, 6) is 1.46. The molecule has 0 atom stereocenters. The van der Waals surface area contributed by atoms with Crippen LogP contribution in [0, 0.1) is 0 Å². The molecule has 1 aliphatic heterocycles. The molecule has 1 aromatic rings. The smallest absolute Gasteiger partial charge is 0.277 e. The van der Waals surface area contributed by atoms with Crippen molar-refractivity contribution in [2.45, 2.75) is 38.1 Å². The molecule has 1 aliphatic carbocycles. The van der Waals surface area contributed by atoms with Gasteiger partial charge in [0.15, 0.2) is 11.5 Å². The fourth-order valence-corrected chi connectivity index (χ4v) is 3.86. The standard InChI is InChI=1S/C14H20N2O4S/c17-21(18,16-12-3-1-2-4-12)15-8-7-11-5-6-13-14(9-11)20-10-19-13/h5-6,9,12,15-16H,1-4,7-8,10H2. The summed E-state index contributed by atoms with van der Waals surface area (Å²) in [5, 5.41) is 0. The van der Waals surface area contributed by atoms with E-state index in [2.05, 4.69) is 9.44 Å². The molecule has 0 unspecified atom stereocenters. The van der Waals surface area contributed by atoms with Crippen LogP contribution in [-0.2, 0) is 16.6 Å². The quantitative estimate of drug-likeness (QED) is 0.831. The molecule has 0 radical (unpaired) electrons. The molecule has 1 heterocycles. The van der Waals surface area contributed by atoms with E-state index < -0.39 is 10.2 Å². The fraction of sp³-hybridized carbons (Fsp3) is 0.571. The molecule has 0 amide bonds. The molecule has 21 heavy (non-hydrogen) atoms. The van der Waals surface area contributed by atoms with Gasteiger partial charge in [-0.3, -0.25) is 0 Å². The average Bonchev–Trinajstić information content (AvgIpc) is 3.08. The highest BCUT2D eigenvalue weighted by atomic mass is 32.2. The SMILES string of the molecule is O=S(=O)(NCCc1ccc2c(c1)OCO2)NC1CCCC1. The molecular weight excluding hydrogens is 292 g/mol. The van der Waals surface area contributed by atoms with E-state index in [4.69, 9.17) is 9.47 Å². The number of benzene rings is 1. The van der Waals surface area contributed by atoms with E-state index in [9.17, 15) is 8.42 Å². The van der Waals surface area contributed by atoms with Crippen LogP contribution in [0.3, 0.4) is 0 Å². The molecule has 3 rings (SSSR count). The Bertz CT molecular complexity index is 597. The van der Waals surface area contributed by atoms with Crippen molar-refractivity contribution in [1.82, 2.24) is 9.44 Å². The van der Waals surface area contributed by atoms with Crippen molar-refractivity contribution in [1.29, 1.82) is 0 Å². The van der Waals surface area contributed by atoms with Crippen molar-refractivity contribution in [3.63, 3.8) is 0 Å². The summed E-state index contributed by atoms with van der Waals surface area (Å²) in [6.45, 7) is 0.610. The highest BCUT2D eigenvalue weighted by Crippen LogP contribution is 2.32. The molecule has 0 saturated heterocycles. The number of ether oxygens (including phenoxy) is 2. The monoisotopic (exact) mass is 312 g/mol. The molecule has 1 saturated carbocycles. The normalized spacial score (nSPS) is 18.3. The van der Waals surface area contributed by atoms with Gasteiger partial charge in [-0.2, -0.15) is 13.1 Å². The van der Waals surface area contributed by atoms with Crippen molar-refractivity contribution >= 4 is 10.2 Å². The van der Waals surface area contributed by atoms with Crippen molar-refractivity contribution in [2.75, 3.05) is 13.3 Å². The fourth-order valence-electron chi connectivity index (χ4n) is 2.73. The molecule has 0 aromatic heterocycles. The van der Waals surface area contributed by atoms with Crippen molar-refractivity contribution in [3.05, 3.63) is 23.8 Å². The van der Waals surface area contributed by atoms with Crippen molar-refractivity contribution in [3.8, 4) is 11.5 Å². The third-order valence-electron chi connectivity index (χ3n) is 3.82. The van der Waals surface area contributed by atoms with E-state index in [0.29, 0.717) is 13.0 Å². The number of fused-ring (bicyclic) bond motifs is 1. The Morgan fingerprint density at radius 2 is 1.90 bits per heavy atom. The van der Waals surface area contributed by atoms with Gasteiger partial charge in [0.1, 0.15) is 0 Å². The Morgan fingerprint density at radius 3 is 2.71 bits per heavy atom. The Hall–Kier alpha value is -1.31. The molecule has 2 N–H and O–H groups in total. The van der Waals surface area contributed by atoms with Gasteiger partial charge in [0.2, 0.25) is 6.79 Å². The maximum Gasteiger partial charge on any atom is 0.277 e. The average molecular weight is 312 g/mol. The van der Waals surface area contributed by atoms with E-state index in [1.54, 1.807) is 0 Å². The van der Waals surface area contributed by atoms with E-state index in [-0.39, 0.29) is 12.8 Å². The third-order valence-corrected chi connectivity index (χ3v) is 5.05. The molecule has 7 heteroatoms. The lowest BCUT2D eigenvalue weighted by Gasteiger charge is -2.13. The second-order valence-corrected chi connectivity index (χ2v) is 6.97. The van der Waals surface area contributed by atoms with Crippen LogP contribution in [0.1, 0.15) is 31.2 Å². The van der Waals surface area contributed by atoms with E-state index in [1.165, 1.54) is 0 Å². The summed E-state index contributed by atoms with van der Waals surface area (Å²) >= 11 is 0. The van der Waals surface area contributed by atoms with Crippen LogP contribution < -0.4 is 18.9 Å². The van der Waals surface area contributed by atoms with Crippen LogP contribution in [0.5, 0.6) is 11.5 Å². The molecule has 0 bridgehead atoms. The van der Waals surface area contributed by atoms with E-state index >= 15 is 0 Å². The minimum atomic E-state index is -3.40. The zero-order valence-corrected chi connectivity index (χ0v) is 12.6. The summed E-state index contributed by atoms with van der Waals surface area (Å²) in [4.78, 5) is 0. The Kier molecular flexibility index (Phi) is 4.32. The highest BCUT2D eigenvalue weighted by Gasteiger charge is 2.20. The van der Waals surface area contributed by atoms with Crippen LogP contribution in [0.25, 0.3) is 0 Å². The van der Waals surface area contributed by atoms with Gasteiger partial charge < -0.3 is 9.47 Å². The van der Waals surface area contributed by atoms with Crippen molar-refractivity contribution < 1.29 is 17.9 Å². The zero-order chi connectivity index (χ0) is 14.7. The molecule has 1 aromatic carbocycles. The lowest BCUT2D eigenvalue weighted by Crippen LogP contribution is -2.42. The third kappa shape index (κ3) is 3.87. The maximum absolute atomic E-state index is 11.9. The van der Waals surface area contributed by atoms with Crippen LogP contribution in [-0.4, -0.2) is 27.8 Å². The summed E-state index contributed by atoms with van der Waals surface area (Å²) in [7, 11) is -3.40. The van der Waals surface area contributed by atoms with Gasteiger partial charge in [-0.15, -0.1) is 0 Å². The molecule has 6 nitrogen and oxygen atoms in total. The predicted octanol–water partition coefficient (Wildman–Crippen LogP) is 1.32. The Morgan fingerprint density at radius 1 is 1.14 bits per heavy atom. The minimum Gasteiger partial charge on any atom is -0.454 e. The second kappa shape index (κ2) is 6.21. The number of nitrogens with one attached hydrogen (secondary N) is 2. The minimum absolute atomic E-state index is 0.0908. The molecule has 1 fully saturated rings. The van der Waals surface area contributed by atoms with Crippen molar-refractivity contribution in [2.24, 2.45) is 0 Å². The van der Waals surface area contributed by atoms with Crippen LogP contribution in [0.4, 0.5) is 0 Å². The molecule has 2 aliphatic rings. The summed E-state index contributed by atoms with van der Waals surface area (Å²) in [6, 6.07) is 5.75. The predicted molar refractivity (Wildman–Crippen MR) is 78.6 cm³/mol. The first-order chi connectivity index (χ1) is 10.1. The van der Waals surface area contributed by atoms with Crippen LogP contribution in [0.15, 0.2) is 18.2 Å². The molecular formula is C14H20N2O4S. The first-order valence-electron chi connectivity index (χ1n) is 7.28. The summed E-state index contributed by atoms with van der Waals surface area (Å²) in [5.41, 5.74) is 1.02. The van der Waals surface area contributed by atoms with Gasteiger partial charge in [0.25, 0.3) is 10.2 Å². The van der Waals surface area contributed by atoms with Gasteiger partial charge in [-0.05, 0) is 37.0 Å². The largest absolute Gasteiger partial charge is 0.454 e. The number of hydrogen-bond donors (Lipinski definition) is 2. The second-order valence-electron chi connectivity index (χ2n) is 5.43. The summed E-state index contributed by atoms with van der Waals surface area (Å²) in [6.07, 6.45) is 4.68. The first-order valence-corrected chi connectivity index (χ1v) is 8.76. The lowest BCUT2D eigenvalue weighted by molar-refractivity contribution is 0.174. The Labute approximate surface area is 125 Å². The highest BCUT2D eigenvalue weighted by molar-refractivity contribution is 7.87. The van der Waals surface area contributed by atoms with Gasteiger partial charge in [-0.25, -0.2) is 4.72 Å². The van der Waals surface area contributed by atoms with Gasteiger partial charge >= 0.3 is 0 Å². The van der Waals surface area contributed by atoms with Crippen LogP contribution >= 0.6 is 0 Å². The lowest BCUT2D eigenvalue weighted by atomic mass is 10.1. The topological polar surface area (TPSA) is 76.7 Å². The van der Waals surface area contributed by atoms with Gasteiger partial charge in [-0.1, -0.05) is 18.9 Å². The Balaban J connectivity index is 1.48. The summed E-state index contributed by atoms with van der Waals surface area (Å²) < 4.78 is 39.6. The van der Waals surface area contributed by atoms with Crippen LogP contribution in [0.2, 0.25) is 0 Å². The zero-order valence-electron chi connectivity index (χ0n) is 11.8. The molecule has 116 valence electrons. The number of hydrogen-bond acceptors (Lipinski definition) is 4. The molecule has 0 spiro atoms. The van der Waals surface area contributed by atoms with E-state index in [0.717, 1.165) is 42.7 Å². The van der Waals surface area contributed by atoms with E-state index in [1.807, 2.05) is 18.2 Å². The van der Waals surface area contributed by atoms with Gasteiger partial charge in [0, 0.05) is 12.6 Å². The van der Waals surface area contributed by atoms with Gasteiger partial charge in [0.05, 0.1) is 0 Å². The maximum atomic E-state index is 11.9. The number of rotatable bonds is 6. The first kappa shape index (κ1) is 14.6.